The summed E-state index contributed by atoms with van der Waals surface area (Å²) in [6.45, 7) is 6.06. The molecule has 4 heterocycles. The zero-order valence-corrected chi connectivity index (χ0v) is 16.0. The SMILES string of the molecule is CC(C)c1noc(C2CCN(c3nc4ccc(Br)nc4s3)CC2)n1. The molecule has 1 aliphatic heterocycles. The molecule has 0 aromatic carbocycles. The van der Waals surface area contributed by atoms with Gasteiger partial charge in [-0.25, -0.2) is 9.97 Å². The Hall–Kier alpha value is -1.54. The minimum Gasteiger partial charge on any atom is -0.348 e. The van der Waals surface area contributed by atoms with E-state index in [9.17, 15) is 0 Å². The van der Waals surface area contributed by atoms with Crippen molar-refractivity contribution in [3.63, 3.8) is 0 Å². The van der Waals surface area contributed by atoms with Crippen LogP contribution in [0.3, 0.4) is 0 Å². The molecule has 0 bridgehead atoms. The van der Waals surface area contributed by atoms with Gasteiger partial charge < -0.3 is 9.42 Å². The van der Waals surface area contributed by atoms with E-state index < -0.39 is 0 Å². The van der Waals surface area contributed by atoms with Crippen LogP contribution in [0.5, 0.6) is 0 Å². The molecule has 0 atom stereocenters. The quantitative estimate of drug-likeness (QED) is 0.601. The maximum Gasteiger partial charge on any atom is 0.229 e. The third kappa shape index (κ3) is 3.04. The van der Waals surface area contributed by atoms with Gasteiger partial charge in [0.1, 0.15) is 15.0 Å². The first-order valence-electron chi connectivity index (χ1n) is 8.11. The second-order valence-corrected chi connectivity index (χ2v) is 8.13. The van der Waals surface area contributed by atoms with E-state index in [1.54, 1.807) is 11.3 Å². The molecule has 6 nitrogen and oxygen atoms in total. The highest BCUT2D eigenvalue weighted by Gasteiger charge is 2.27. The van der Waals surface area contributed by atoms with Gasteiger partial charge in [0, 0.05) is 24.9 Å². The first-order chi connectivity index (χ1) is 11.6. The topological polar surface area (TPSA) is 67.9 Å². The predicted molar refractivity (Wildman–Crippen MR) is 97.7 cm³/mol. The Labute approximate surface area is 152 Å². The van der Waals surface area contributed by atoms with Gasteiger partial charge in [-0.15, -0.1) is 0 Å². The van der Waals surface area contributed by atoms with Crippen LogP contribution in [-0.4, -0.2) is 33.2 Å². The molecule has 4 rings (SSSR count). The molecule has 1 aliphatic rings. The smallest absolute Gasteiger partial charge is 0.229 e. The summed E-state index contributed by atoms with van der Waals surface area (Å²) in [6.07, 6.45) is 2.01. The van der Waals surface area contributed by atoms with Crippen LogP contribution < -0.4 is 4.90 Å². The summed E-state index contributed by atoms with van der Waals surface area (Å²) in [4.78, 5) is 17.1. The molecular weight excluding hydrogens is 390 g/mol. The van der Waals surface area contributed by atoms with Crippen molar-refractivity contribution >= 4 is 42.7 Å². The molecule has 0 aliphatic carbocycles. The third-order valence-electron chi connectivity index (χ3n) is 4.30. The maximum absolute atomic E-state index is 5.46. The van der Waals surface area contributed by atoms with E-state index in [2.05, 4.69) is 49.8 Å². The average molecular weight is 408 g/mol. The Kier molecular flexibility index (Phi) is 4.26. The molecule has 0 N–H and O–H groups in total. The van der Waals surface area contributed by atoms with Crippen LogP contribution in [0.1, 0.15) is 50.2 Å². The number of hydrogen-bond donors (Lipinski definition) is 0. The fourth-order valence-corrected chi connectivity index (χ4v) is 4.30. The van der Waals surface area contributed by atoms with Gasteiger partial charge in [-0.3, -0.25) is 0 Å². The Morgan fingerprint density at radius 2 is 2.00 bits per heavy atom. The van der Waals surface area contributed by atoms with Gasteiger partial charge >= 0.3 is 0 Å². The van der Waals surface area contributed by atoms with Gasteiger partial charge in [-0.2, -0.15) is 4.98 Å². The van der Waals surface area contributed by atoms with Crippen molar-refractivity contribution in [2.75, 3.05) is 18.0 Å². The van der Waals surface area contributed by atoms with Crippen LogP contribution in [0.4, 0.5) is 5.13 Å². The summed E-state index contributed by atoms with van der Waals surface area (Å²) in [5, 5.41) is 5.13. The van der Waals surface area contributed by atoms with Crippen LogP contribution in [0, 0.1) is 0 Å². The second-order valence-electron chi connectivity index (χ2n) is 6.36. The van der Waals surface area contributed by atoms with Gasteiger partial charge in [-0.1, -0.05) is 30.3 Å². The molecule has 0 radical (unpaired) electrons. The first-order valence-corrected chi connectivity index (χ1v) is 9.72. The van der Waals surface area contributed by atoms with Gasteiger partial charge in [0.15, 0.2) is 11.0 Å². The molecule has 1 saturated heterocycles. The number of pyridine rings is 1. The van der Waals surface area contributed by atoms with E-state index in [1.165, 1.54) is 0 Å². The molecule has 0 unspecified atom stereocenters. The Morgan fingerprint density at radius 3 is 2.71 bits per heavy atom. The molecule has 0 saturated carbocycles. The van der Waals surface area contributed by atoms with Crippen molar-refractivity contribution in [1.82, 2.24) is 20.1 Å². The number of hydrogen-bond acceptors (Lipinski definition) is 7. The zero-order chi connectivity index (χ0) is 16.7. The lowest BCUT2D eigenvalue weighted by molar-refractivity contribution is 0.326. The molecule has 0 amide bonds. The molecule has 3 aromatic heterocycles. The number of thiazole rings is 1. The van der Waals surface area contributed by atoms with Crippen molar-refractivity contribution in [3.8, 4) is 0 Å². The minimum absolute atomic E-state index is 0.303. The summed E-state index contributed by atoms with van der Waals surface area (Å²) in [5.41, 5.74) is 0.957. The van der Waals surface area contributed by atoms with Crippen LogP contribution in [0.25, 0.3) is 10.3 Å². The standard InChI is InChI=1S/C16H18BrN5OS/c1-9(2)13-20-14(23-21-13)10-5-7-22(8-6-10)16-18-11-3-4-12(17)19-15(11)24-16/h3-4,9-10H,5-8H2,1-2H3. The highest BCUT2D eigenvalue weighted by atomic mass is 79.9. The summed E-state index contributed by atoms with van der Waals surface area (Å²) in [5.74, 6) is 2.24. The normalized spacial score (nSPS) is 16.4. The second kappa shape index (κ2) is 6.40. The van der Waals surface area contributed by atoms with Crippen molar-refractivity contribution in [1.29, 1.82) is 0 Å². The number of aromatic nitrogens is 4. The van der Waals surface area contributed by atoms with Gasteiger partial charge in [0.2, 0.25) is 5.89 Å². The Bertz CT molecular complexity index is 853. The number of anilines is 1. The molecule has 1 fully saturated rings. The Morgan fingerprint density at radius 1 is 1.21 bits per heavy atom. The largest absolute Gasteiger partial charge is 0.348 e. The summed E-state index contributed by atoms with van der Waals surface area (Å²) in [6, 6.07) is 3.94. The van der Waals surface area contributed by atoms with Crippen LogP contribution >= 0.6 is 27.3 Å². The third-order valence-corrected chi connectivity index (χ3v) is 5.77. The van der Waals surface area contributed by atoms with Crippen molar-refractivity contribution < 1.29 is 4.52 Å². The van der Waals surface area contributed by atoms with Crippen LogP contribution in [0.2, 0.25) is 0 Å². The number of rotatable bonds is 3. The van der Waals surface area contributed by atoms with Crippen molar-refractivity contribution in [3.05, 3.63) is 28.5 Å². The van der Waals surface area contributed by atoms with Crippen molar-refractivity contribution in [2.45, 2.75) is 38.5 Å². The van der Waals surface area contributed by atoms with Crippen molar-refractivity contribution in [2.24, 2.45) is 0 Å². The van der Waals surface area contributed by atoms with E-state index in [0.29, 0.717) is 11.8 Å². The number of halogens is 1. The lowest BCUT2D eigenvalue weighted by atomic mass is 9.97. The van der Waals surface area contributed by atoms with E-state index >= 15 is 0 Å². The minimum atomic E-state index is 0.303. The highest BCUT2D eigenvalue weighted by Crippen LogP contribution is 2.34. The van der Waals surface area contributed by atoms with Gasteiger partial charge in [-0.05, 0) is 40.9 Å². The molecule has 24 heavy (non-hydrogen) atoms. The molecular formula is C16H18BrN5OS. The van der Waals surface area contributed by atoms with Crippen LogP contribution in [0.15, 0.2) is 21.3 Å². The molecule has 3 aromatic rings. The summed E-state index contributed by atoms with van der Waals surface area (Å²) in [7, 11) is 0. The highest BCUT2D eigenvalue weighted by molar-refractivity contribution is 9.10. The van der Waals surface area contributed by atoms with Gasteiger partial charge in [0.25, 0.3) is 0 Å². The lowest BCUT2D eigenvalue weighted by Gasteiger charge is -2.29. The van der Waals surface area contributed by atoms with E-state index in [1.807, 2.05) is 12.1 Å². The molecule has 0 spiro atoms. The number of nitrogens with zero attached hydrogens (tertiary/aromatic N) is 5. The maximum atomic E-state index is 5.46. The summed E-state index contributed by atoms with van der Waals surface area (Å²) >= 11 is 5.06. The van der Waals surface area contributed by atoms with E-state index in [0.717, 1.165) is 57.7 Å². The van der Waals surface area contributed by atoms with E-state index in [-0.39, 0.29) is 0 Å². The fraction of sp³-hybridized carbons (Fsp3) is 0.500. The first kappa shape index (κ1) is 16.0. The number of fused-ring (bicyclic) bond motifs is 1. The number of piperidine rings is 1. The molecule has 8 heteroatoms. The Balaban J connectivity index is 1.46. The predicted octanol–water partition coefficient (Wildman–Crippen LogP) is 4.34. The fourth-order valence-electron chi connectivity index (χ4n) is 2.88. The zero-order valence-electron chi connectivity index (χ0n) is 13.6. The lowest BCUT2D eigenvalue weighted by Crippen LogP contribution is -2.32. The van der Waals surface area contributed by atoms with E-state index in [4.69, 9.17) is 9.51 Å². The van der Waals surface area contributed by atoms with Gasteiger partial charge in [0.05, 0.1) is 0 Å². The van der Waals surface area contributed by atoms with Crippen LogP contribution in [-0.2, 0) is 0 Å². The molecule has 126 valence electrons. The average Bonchev–Trinajstić information content (AvgIpc) is 3.21. The summed E-state index contributed by atoms with van der Waals surface area (Å²) < 4.78 is 6.31. The monoisotopic (exact) mass is 407 g/mol.